The Hall–Kier alpha value is -4.02. The molecule has 0 aliphatic rings. The number of carbonyl (C=O) groups is 2. The van der Waals surface area contributed by atoms with Gasteiger partial charge in [-0.2, -0.15) is 0 Å². The third-order valence-corrected chi connectivity index (χ3v) is 3.34. The maximum absolute atomic E-state index is 12.4. The van der Waals surface area contributed by atoms with Gasteiger partial charge in [0.1, 0.15) is 11.3 Å². The van der Waals surface area contributed by atoms with E-state index in [2.05, 4.69) is 5.32 Å². The van der Waals surface area contributed by atoms with Crippen LogP contribution in [0.2, 0.25) is 0 Å². The number of ether oxygens (including phenoxy) is 1. The minimum absolute atomic E-state index is 0.0325. The van der Waals surface area contributed by atoms with Crippen molar-refractivity contribution in [2.24, 2.45) is 0 Å². The summed E-state index contributed by atoms with van der Waals surface area (Å²) in [6, 6.07) is 6.64. The summed E-state index contributed by atoms with van der Waals surface area (Å²) in [5, 5.41) is 33.3. The molecule has 11 heteroatoms. The SMILES string of the molecule is COc1cc([N+](=O)[O-])ccc1NC(=O)c1cccc([N+](=O)[O-])c1C(=O)O. The highest BCUT2D eigenvalue weighted by Crippen LogP contribution is 2.30. The molecule has 26 heavy (non-hydrogen) atoms. The van der Waals surface area contributed by atoms with Gasteiger partial charge >= 0.3 is 5.97 Å². The second-order valence-corrected chi connectivity index (χ2v) is 4.86. The Bertz CT molecular complexity index is 925. The quantitative estimate of drug-likeness (QED) is 0.585. The molecular formula is C15H11N3O8. The van der Waals surface area contributed by atoms with E-state index in [9.17, 15) is 34.9 Å². The largest absolute Gasteiger partial charge is 0.494 e. The molecule has 2 aromatic rings. The van der Waals surface area contributed by atoms with Crippen LogP contribution in [-0.4, -0.2) is 33.9 Å². The van der Waals surface area contributed by atoms with Gasteiger partial charge in [0.15, 0.2) is 0 Å². The van der Waals surface area contributed by atoms with Crippen LogP contribution in [-0.2, 0) is 0 Å². The maximum atomic E-state index is 12.4. The van der Waals surface area contributed by atoms with Crippen LogP contribution in [0.15, 0.2) is 36.4 Å². The molecule has 11 nitrogen and oxygen atoms in total. The first kappa shape index (κ1) is 18.3. The molecule has 0 atom stereocenters. The van der Waals surface area contributed by atoms with Crippen LogP contribution in [0.5, 0.6) is 5.75 Å². The molecule has 0 aromatic heterocycles. The first-order valence-corrected chi connectivity index (χ1v) is 6.90. The molecule has 0 aliphatic heterocycles. The second kappa shape index (κ2) is 7.25. The van der Waals surface area contributed by atoms with E-state index < -0.39 is 38.5 Å². The number of hydrogen-bond donors (Lipinski definition) is 2. The molecule has 0 spiro atoms. The molecule has 134 valence electrons. The van der Waals surface area contributed by atoms with E-state index in [1.165, 1.54) is 19.2 Å². The van der Waals surface area contributed by atoms with Crippen molar-refractivity contribution in [2.75, 3.05) is 12.4 Å². The van der Waals surface area contributed by atoms with E-state index in [-0.39, 0.29) is 17.1 Å². The van der Waals surface area contributed by atoms with Gasteiger partial charge in [0, 0.05) is 12.1 Å². The lowest BCUT2D eigenvalue weighted by Gasteiger charge is -2.11. The van der Waals surface area contributed by atoms with Crippen LogP contribution in [0, 0.1) is 20.2 Å². The lowest BCUT2D eigenvalue weighted by molar-refractivity contribution is -0.385. The molecule has 0 fully saturated rings. The van der Waals surface area contributed by atoms with Crippen LogP contribution in [0.3, 0.4) is 0 Å². The Kier molecular flexibility index (Phi) is 5.11. The first-order chi connectivity index (χ1) is 12.3. The van der Waals surface area contributed by atoms with Gasteiger partial charge in [-0.1, -0.05) is 6.07 Å². The predicted octanol–water partition coefficient (Wildman–Crippen LogP) is 2.46. The van der Waals surface area contributed by atoms with Gasteiger partial charge in [0.2, 0.25) is 0 Å². The Morgan fingerprint density at radius 1 is 1.12 bits per heavy atom. The van der Waals surface area contributed by atoms with Gasteiger partial charge in [-0.3, -0.25) is 25.0 Å². The van der Waals surface area contributed by atoms with Crippen LogP contribution in [0.1, 0.15) is 20.7 Å². The fraction of sp³-hybridized carbons (Fsp3) is 0.0667. The number of nitro groups is 2. The molecule has 1 amide bonds. The number of methoxy groups -OCH3 is 1. The van der Waals surface area contributed by atoms with Gasteiger partial charge in [0.05, 0.1) is 34.3 Å². The molecular weight excluding hydrogens is 350 g/mol. The monoisotopic (exact) mass is 361 g/mol. The number of carboxylic acids is 1. The number of nitrogens with zero attached hydrogens (tertiary/aromatic N) is 2. The molecule has 0 radical (unpaired) electrons. The fourth-order valence-corrected chi connectivity index (χ4v) is 2.19. The van der Waals surface area contributed by atoms with E-state index in [1.54, 1.807) is 0 Å². The van der Waals surface area contributed by atoms with Crippen LogP contribution in [0.4, 0.5) is 17.1 Å². The van der Waals surface area contributed by atoms with Crippen molar-refractivity contribution in [2.45, 2.75) is 0 Å². The van der Waals surface area contributed by atoms with Crippen molar-refractivity contribution in [3.8, 4) is 5.75 Å². The van der Waals surface area contributed by atoms with Crippen LogP contribution in [0.25, 0.3) is 0 Å². The van der Waals surface area contributed by atoms with Gasteiger partial charge in [-0.15, -0.1) is 0 Å². The molecule has 0 aliphatic carbocycles. The van der Waals surface area contributed by atoms with Gasteiger partial charge < -0.3 is 15.2 Å². The average molecular weight is 361 g/mol. The lowest BCUT2D eigenvalue weighted by atomic mass is 10.0. The summed E-state index contributed by atoms with van der Waals surface area (Å²) in [5.74, 6) is -2.62. The normalized spacial score (nSPS) is 10.0. The number of carboxylic acid groups (broad SMARTS) is 1. The highest BCUT2D eigenvalue weighted by Gasteiger charge is 2.27. The highest BCUT2D eigenvalue weighted by atomic mass is 16.6. The molecule has 0 heterocycles. The topological polar surface area (TPSA) is 162 Å². The van der Waals surface area contributed by atoms with Crippen molar-refractivity contribution < 1.29 is 29.3 Å². The Morgan fingerprint density at radius 2 is 1.81 bits per heavy atom. The maximum Gasteiger partial charge on any atom is 0.343 e. The molecule has 0 saturated carbocycles. The summed E-state index contributed by atoms with van der Waals surface area (Å²) in [5.41, 5.74) is -2.18. The third-order valence-electron chi connectivity index (χ3n) is 3.34. The zero-order valence-electron chi connectivity index (χ0n) is 13.2. The van der Waals surface area contributed by atoms with E-state index in [1.807, 2.05) is 0 Å². The zero-order valence-corrected chi connectivity index (χ0v) is 13.2. The zero-order chi connectivity index (χ0) is 19.4. The average Bonchev–Trinajstić information content (AvgIpc) is 2.60. The highest BCUT2D eigenvalue weighted by molar-refractivity contribution is 6.12. The predicted molar refractivity (Wildman–Crippen MR) is 87.7 cm³/mol. The van der Waals surface area contributed by atoms with Crippen LogP contribution >= 0.6 is 0 Å². The molecule has 0 unspecified atom stereocenters. The number of aromatic carboxylic acids is 1. The Balaban J connectivity index is 2.46. The standard InChI is InChI=1S/C15H11N3O8/c1-26-12-7-8(17(22)23)5-6-10(12)16-14(19)9-3-2-4-11(18(24)25)13(9)15(20)21/h2-7H,1H3,(H,16,19)(H,20,21). The number of carbonyl (C=O) groups excluding carboxylic acids is 1. The van der Waals surface area contributed by atoms with Gasteiger partial charge in [0.25, 0.3) is 17.3 Å². The molecule has 2 N–H and O–H groups in total. The number of hydrogen-bond acceptors (Lipinski definition) is 7. The third kappa shape index (κ3) is 3.56. The molecule has 0 saturated heterocycles. The van der Waals surface area contributed by atoms with Gasteiger partial charge in [-0.05, 0) is 12.1 Å². The number of rotatable bonds is 6. The van der Waals surface area contributed by atoms with Crippen LogP contribution < -0.4 is 10.1 Å². The number of benzene rings is 2. The summed E-state index contributed by atoms with van der Waals surface area (Å²) < 4.78 is 4.97. The number of amides is 1. The molecule has 0 bridgehead atoms. The number of anilines is 1. The Labute approximate surface area is 145 Å². The number of nitro benzene ring substituents is 2. The first-order valence-electron chi connectivity index (χ1n) is 6.90. The molecule has 2 aromatic carbocycles. The number of non-ortho nitro benzene ring substituents is 1. The smallest absolute Gasteiger partial charge is 0.343 e. The van der Waals surface area contributed by atoms with Crippen molar-refractivity contribution in [1.29, 1.82) is 0 Å². The molecule has 2 rings (SSSR count). The summed E-state index contributed by atoms with van der Waals surface area (Å²) in [7, 11) is 1.23. The van der Waals surface area contributed by atoms with E-state index in [4.69, 9.17) is 4.74 Å². The fourth-order valence-electron chi connectivity index (χ4n) is 2.19. The second-order valence-electron chi connectivity index (χ2n) is 4.86. The number of nitrogens with one attached hydrogen (secondary N) is 1. The summed E-state index contributed by atoms with van der Waals surface area (Å²) in [6.07, 6.45) is 0. The minimum atomic E-state index is -1.64. The summed E-state index contributed by atoms with van der Waals surface area (Å²) in [4.78, 5) is 44.0. The van der Waals surface area contributed by atoms with Crippen molar-refractivity contribution in [3.63, 3.8) is 0 Å². The summed E-state index contributed by atoms with van der Waals surface area (Å²) in [6.45, 7) is 0. The van der Waals surface area contributed by atoms with E-state index in [0.717, 1.165) is 24.3 Å². The lowest BCUT2D eigenvalue weighted by Crippen LogP contribution is -2.18. The van der Waals surface area contributed by atoms with E-state index >= 15 is 0 Å². The van der Waals surface area contributed by atoms with Crippen molar-refractivity contribution in [3.05, 3.63) is 67.8 Å². The van der Waals surface area contributed by atoms with Gasteiger partial charge in [-0.25, -0.2) is 4.79 Å². The minimum Gasteiger partial charge on any atom is -0.494 e. The van der Waals surface area contributed by atoms with E-state index in [0.29, 0.717) is 0 Å². The van der Waals surface area contributed by atoms with Crippen molar-refractivity contribution in [1.82, 2.24) is 0 Å². The summed E-state index contributed by atoms with van der Waals surface area (Å²) >= 11 is 0. The Morgan fingerprint density at radius 3 is 2.35 bits per heavy atom. The van der Waals surface area contributed by atoms with Crippen molar-refractivity contribution >= 4 is 28.9 Å².